The summed E-state index contributed by atoms with van der Waals surface area (Å²) in [5.41, 5.74) is 0. The molecule has 0 heterocycles. The summed E-state index contributed by atoms with van der Waals surface area (Å²) >= 11 is 0. The van der Waals surface area contributed by atoms with Gasteiger partial charge in [0.15, 0.2) is 0 Å². The lowest BCUT2D eigenvalue weighted by Gasteiger charge is -2.27. The van der Waals surface area contributed by atoms with Crippen molar-refractivity contribution in [1.82, 2.24) is 0 Å². The summed E-state index contributed by atoms with van der Waals surface area (Å²) in [4.78, 5) is 0. The molecule has 0 amide bonds. The van der Waals surface area contributed by atoms with E-state index in [9.17, 15) is 15.3 Å². The van der Waals surface area contributed by atoms with E-state index < -0.39 is 18.3 Å². The lowest BCUT2D eigenvalue weighted by Crippen LogP contribution is -2.32. The van der Waals surface area contributed by atoms with Gasteiger partial charge in [0.05, 0.1) is 18.3 Å². The molecular formula is C13H26O3. The Kier molecular flexibility index (Phi) is 6.32. The standard InChI is InChI=1S/C13H26O3/c1-2-11(14)9-13(16)12(15)8-10-6-4-3-5-7-10/h10-16H,2-9H2,1H3/t11-,12+,13+/m0/s1. The minimum atomic E-state index is -0.767. The van der Waals surface area contributed by atoms with Crippen LogP contribution in [0.25, 0.3) is 0 Å². The van der Waals surface area contributed by atoms with E-state index in [1.807, 2.05) is 6.92 Å². The van der Waals surface area contributed by atoms with Gasteiger partial charge in [-0.05, 0) is 18.8 Å². The van der Waals surface area contributed by atoms with Crippen molar-refractivity contribution >= 4 is 0 Å². The third-order valence-electron chi connectivity index (χ3n) is 3.73. The fourth-order valence-corrected chi connectivity index (χ4v) is 2.52. The highest BCUT2D eigenvalue weighted by molar-refractivity contribution is 4.76. The smallest absolute Gasteiger partial charge is 0.0823 e. The normalized spacial score (nSPS) is 24.0. The molecule has 1 aliphatic carbocycles. The topological polar surface area (TPSA) is 60.7 Å². The van der Waals surface area contributed by atoms with Gasteiger partial charge in [0.25, 0.3) is 0 Å². The molecule has 0 aromatic rings. The van der Waals surface area contributed by atoms with Crippen molar-refractivity contribution in [2.24, 2.45) is 5.92 Å². The molecule has 0 radical (unpaired) electrons. The SMILES string of the molecule is CC[C@H](O)C[C@@H](O)[C@H](O)CC1CCCCC1. The predicted molar refractivity (Wildman–Crippen MR) is 64.1 cm³/mol. The van der Waals surface area contributed by atoms with Crippen LogP contribution < -0.4 is 0 Å². The maximum atomic E-state index is 9.85. The van der Waals surface area contributed by atoms with E-state index in [4.69, 9.17) is 0 Å². The molecule has 3 nitrogen and oxygen atoms in total. The molecule has 96 valence electrons. The van der Waals surface area contributed by atoms with Gasteiger partial charge in [0, 0.05) is 6.42 Å². The van der Waals surface area contributed by atoms with Crippen LogP contribution in [0.15, 0.2) is 0 Å². The molecule has 0 aromatic carbocycles. The van der Waals surface area contributed by atoms with E-state index in [2.05, 4.69) is 0 Å². The third-order valence-corrected chi connectivity index (χ3v) is 3.73. The van der Waals surface area contributed by atoms with Crippen LogP contribution in [0.3, 0.4) is 0 Å². The van der Waals surface area contributed by atoms with Crippen LogP contribution in [0.5, 0.6) is 0 Å². The Balaban J connectivity index is 2.24. The van der Waals surface area contributed by atoms with Gasteiger partial charge in [-0.3, -0.25) is 0 Å². The van der Waals surface area contributed by atoms with Crippen molar-refractivity contribution in [2.75, 3.05) is 0 Å². The van der Waals surface area contributed by atoms with Crippen molar-refractivity contribution in [3.05, 3.63) is 0 Å². The van der Waals surface area contributed by atoms with Crippen LogP contribution >= 0.6 is 0 Å². The van der Waals surface area contributed by atoms with E-state index in [1.165, 1.54) is 32.1 Å². The number of hydrogen-bond donors (Lipinski definition) is 3. The Morgan fingerprint density at radius 2 is 1.62 bits per heavy atom. The summed E-state index contributed by atoms with van der Waals surface area (Å²) in [6.07, 6.45) is 5.88. The van der Waals surface area contributed by atoms with Crippen LogP contribution in [0.2, 0.25) is 0 Å². The maximum absolute atomic E-state index is 9.85. The molecule has 0 bridgehead atoms. The fraction of sp³-hybridized carbons (Fsp3) is 1.00. The van der Waals surface area contributed by atoms with Crippen molar-refractivity contribution in [1.29, 1.82) is 0 Å². The Hall–Kier alpha value is -0.120. The average molecular weight is 230 g/mol. The number of aliphatic hydroxyl groups excluding tert-OH is 3. The molecule has 0 unspecified atom stereocenters. The first-order valence-electron chi connectivity index (χ1n) is 6.67. The number of hydrogen-bond acceptors (Lipinski definition) is 3. The van der Waals surface area contributed by atoms with Crippen molar-refractivity contribution in [3.63, 3.8) is 0 Å². The van der Waals surface area contributed by atoms with Gasteiger partial charge in [-0.25, -0.2) is 0 Å². The molecule has 3 N–H and O–H groups in total. The number of rotatable bonds is 6. The van der Waals surface area contributed by atoms with E-state index >= 15 is 0 Å². The summed E-state index contributed by atoms with van der Waals surface area (Å²) < 4.78 is 0. The first-order valence-corrected chi connectivity index (χ1v) is 6.67. The van der Waals surface area contributed by atoms with Crippen LogP contribution in [-0.2, 0) is 0 Å². The highest BCUT2D eigenvalue weighted by atomic mass is 16.3. The zero-order chi connectivity index (χ0) is 12.0. The van der Waals surface area contributed by atoms with Gasteiger partial charge >= 0.3 is 0 Å². The summed E-state index contributed by atoms with van der Waals surface area (Å²) in [5.74, 6) is 0.567. The number of aliphatic hydroxyl groups is 3. The maximum Gasteiger partial charge on any atom is 0.0823 e. The van der Waals surface area contributed by atoms with Gasteiger partial charge < -0.3 is 15.3 Å². The molecular weight excluding hydrogens is 204 g/mol. The van der Waals surface area contributed by atoms with E-state index in [-0.39, 0.29) is 0 Å². The first kappa shape index (κ1) is 13.9. The van der Waals surface area contributed by atoms with Crippen LogP contribution in [0.4, 0.5) is 0 Å². The van der Waals surface area contributed by atoms with Crippen molar-refractivity contribution in [2.45, 2.75) is 76.6 Å². The Labute approximate surface area is 98.5 Å². The lowest BCUT2D eigenvalue weighted by molar-refractivity contribution is -0.0252. The third kappa shape index (κ3) is 4.81. The minimum Gasteiger partial charge on any atom is -0.393 e. The average Bonchev–Trinajstić information content (AvgIpc) is 2.30. The molecule has 16 heavy (non-hydrogen) atoms. The molecule has 3 atom stereocenters. The predicted octanol–water partition coefficient (Wildman–Crippen LogP) is 1.84. The summed E-state index contributed by atoms with van der Waals surface area (Å²) in [6.45, 7) is 1.88. The quantitative estimate of drug-likeness (QED) is 0.652. The molecule has 1 saturated carbocycles. The van der Waals surface area contributed by atoms with Gasteiger partial charge in [-0.15, -0.1) is 0 Å². The minimum absolute atomic E-state index is 0.296. The summed E-state index contributed by atoms with van der Waals surface area (Å²) in [7, 11) is 0. The lowest BCUT2D eigenvalue weighted by atomic mass is 9.84. The molecule has 1 fully saturated rings. The van der Waals surface area contributed by atoms with E-state index in [0.29, 0.717) is 25.2 Å². The highest BCUT2D eigenvalue weighted by Gasteiger charge is 2.23. The fourth-order valence-electron chi connectivity index (χ4n) is 2.52. The van der Waals surface area contributed by atoms with Crippen LogP contribution in [0.1, 0.15) is 58.3 Å². The molecule has 3 heteroatoms. The Morgan fingerprint density at radius 1 is 1.00 bits per heavy atom. The van der Waals surface area contributed by atoms with E-state index in [0.717, 1.165) is 0 Å². The van der Waals surface area contributed by atoms with Crippen LogP contribution in [-0.4, -0.2) is 33.6 Å². The molecule has 1 aliphatic rings. The second-order valence-electron chi connectivity index (χ2n) is 5.17. The van der Waals surface area contributed by atoms with Crippen LogP contribution in [0, 0.1) is 5.92 Å². The second kappa shape index (κ2) is 7.25. The van der Waals surface area contributed by atoms with Gasteiger partial charge in [0.1, 0.15) is 0 Å². The van der Waals surface area contributed by atoms with E-state index in [1.54, 1.807) is 0 Å². The Morgan fingerprint density at radius 3 is 2.19 bits per heavy atom. The highest BCUT2D eigenvalue weighted by Crippen LogP contribution is 2.28. The molecule has 0 aliphatic heterocycles. The first-order chi connectivity index (χ1) is 7.63. The zero-order valence-corrected chi connectivity index (χ0v) is 10.3. The second-order valence-corrected chi connectivity index (χ2v) is 5.17. The van der Waals surface area contributed by atoms with Crippen molar-refractivity contribution < 1.29 is 15.3 Å². The zero-order valence-electron chi connectivity index (χ0n) is 10.3. The van der Waals surface area contributed by atoms with Gasteiger partial charge in [-0.2, -0.15) is 0 Å². The molecule has 0 aromatic heterocycles. The van der Waals surface area contributed by atoms with Gasteiger partial charge in [0.2, 0.25) is 0 Å². The largest absolute Gasteiger partial charge is 0.393 e. The van der Waals surface area contributed by atoms with Crippen molar-refractivity contribution in [3.8, 4) is 0 Å². The molecule has 1 rings (SSSR count). The summed E-state index contributed by atoms with van der Waals surface area (Å²) in [6, 6.07) is 0. The monoisotopic (exact) mass is 230 g/mol. The molecule has 0 spiro atoms. The summed E-state index contributed by atoms with van der Waals surface area (Å²) in [5, 5.41) is 29.0. The molecule has 0 saturated heterocycles. The Bertz CT molecular complexity index is 178. The van der Waals surface area contributed by atoms with Gasteiger partial charge in [-0.1, -0.05) is 39.0 Å².